The van der Waals surface area contributed by atoms with Crippen LogP contribution in [0.4, 0.5) is 17.5 Å². The molecule has 1 aromatic heterocycles. The number of rotatable bonds is 12. The van der Waals surface area contributed by atoms with Crippen LogP contribution in [0.15, 0.2) is 59.1 Å². The van der Waals surface area contributed by atoms with Gasteiger partial charge in [0.15, 0.2) is 0 Å². The van der Waals surface area contributed by atoms with E-state index in [1.807, 2.05) is 54.4 Å². The number of likely N-dealkylation sites (N-methyl/N-ethyl adjacent to an activating group) is 1. The minimum atomic E-state index is -0.315. The fraction of sp³-hybridized carbons (Fsp3) is 0.308. The van der Waals surface area contributed by atoms with Gasteiger partial charge in [-0.25, -0.2) is 4.98 Å². The zero-order valence-electron chi connectivity index (χ0n) is 20.6. The summed E-state index contributed by atoms with van der Waals surface area (Å²) in [6, 6.07) is 13.3. The lowest BCUT2D eigenvalue weighted by Crippen LogP contribution is -2.29. The van der Waals surface area contributed by atoms with Crippen LogP contribution in [0.5, 0.6) is 5.75 Å². The third kappa shape index (κ3) is 8.31. The zero-order chi connectivity index (χ0) is 25.9. The highest BCUT2D eigenvalue weighted by molar-refractivity contribution is 9.10. The smallest absolute Gasteiger partial charge is 0.320 e. The van der Waals surface area contributed by atoms with Crippen molar-refractivity contribution in [3.8, 4) is 5.75 Å². The number of fused-ring (bicyclic) bond motifs is 1. The van der Waals surface area contributed by atoms with Gasteiger partial charge < -0.3 is 14.8 Å². The Morgan fingerprint density at radius 2 is 2.00 bits per heavy atom. The summed E-state index contributed by atoms with van der Waals surface area (Å²) in [5, 5.41) is 6.79. The van der Waals surface area contributed by atoms with E-state index in [1.54, 1.807) is 19.9 Å². The van der Waals surface area contributed by atoms with Gasteiger partial charge in [-0.3, -0.25) is 19.8 Å². The number of carbonyl (C=O) groups is 2. The molecule has 0 saturated heterocycles. The molecule has 1 heterocycles. The van der Waals surface area contributed by atoms with Crippen molar-refractivity contribution >= 4 is 56.2 Å². The predicted molar refractivity (Wildman–Crippen MR) is 145 cm³/mol. The third-order valence-electron chi connectivity index (χ3n) is 4.97. The topological polar surface area (TPSA) is 106 Å². The van der Waals surface area contributed by atoms with Crippen LogP contribution in [-0.2, 0) is 14.3 Å². The first-order valence-corrected chi connectivity index (χ1v) is 12.4. The van der Waals surface area contributed by atoms with E-state index in [9.17, 15) is 9.59 Å². The van der Waals surface area contributed by atoms with Gasteiger partial charge in [0.2, 0.25) is 11.9 Å². The van der Waals surface area contributed by atoms with Gasteiger partial charge in [0.1, 0.15) is 11.6 Å². The Morgan fingerprint density at radius 3 is 2.75 bits per heavy atom. The van der Waals surface area contributed by atoms with E-state index in [2.05, 4.69) is 36.5 Å². The summed E-state index contributed by atoms with van der Waals surface area (Å²) in [7, 11) is 1.87. The number of benzene rings is 2. The highest BCUT2D eigenvalue weighted by atomic mass is 79.9. The largest absolute Gasteiger partial charge is 0.493 e. The zero-order valence-corrected chi connectivity index (χ0v) is 22.2. The van der Waals surface area contributed by atoms with Gasteiger partial charge in [-0.15, -0.1) is 0 Å². The second-order valence-electron chi connectivity index (χ2n) is 7.94. The van der Waals surface area contributed by atoms with Gasteiger partial charge in [-0.2, -0.15) is 4.98 Å². The molecular formula is C26H30BrN5O4. The molecule has 3 rings (SSSR count). The second-order valence-corrected chi connectivity index (χ2v) is 8.86. The van der Waals surface area contributed by atoms with E-state index in [0.717, 1.165) is 22.0 Å². The van der Waals surface area contributed by atoms with Gasteiger partial charge in [0, 0.05) is 28.2 Å². The van der Waals surface area contributed by atoms with Gasteiger partial charge >= 0.3 is 5.97 Å². The summed E-state index contributed by atoms with van der Waals surface area (Å²) in [5.74, 6) is 0.833. The molecular weight excluding hydrogens is 526 g/mol. The van der Waals surface area contributed by atoms with Crippen molar-refractivity contribution in [3.63, 3.8) is 0 Å². The molecule has 0 saturated carbocycles. The van der Waals surface area contributed by atoms with E-state index in [-0.39, 0.29) is 24.4 Å². The number of hydrogen-bond acceptors (Lipinski definition) is 8. The molecule has 0 spiro atoms. The normalized spacial score (nSPS) is 11.1. The molecule has 0 radical (unpaired) electrons. The van der Waals surface area contributed by atoms with Crippen molar-refractivity contribution in [1.29, 1.82) is 0 Å². The van der Waals surface area contributed by atoms with Crippen LogP contribution in [0.1, 0.15) is 20.3 Å². The van der Waals surface area contributed by atoms with Gasteiger partial charge in [-0.05, 0) is 63.7 Å². The quantitative estimate of drug-likeness (QED) is 0.184. The average Bonchev–Trinajstić information content (AvgIpc) is 2.82. The van der Waals surface area contributed by atoms with Crippen molar-refractivity contribution in [2.75, 3.05) is 44.0 Å². The number of aromatic nitrogens is 2. The third-order valence-corrected chi connectivity index (χ3v) is 5.46. The molecule has 0 atom stereocenters. The van der Waals surface area contributed by atoms with Crippen LogP contribution in [0.2, 0.25) is 0 Å². The summed E-state index contributed by atoms with van der Waals surface area (Å²) in [6.07, 6.45) is 3.79. The molecule has 1 amide bonds. The molecule has 0 unspecified atom stereocenters. The van der Waals surface area contributed by atoms with Crippen molar-refractivity contribution in [3.05, 3.63) is 59.1 Å². The number of anilines is 3. The van der Waals surface area contributed by atoms with E-state index in [4.69, 9.17) is 9.47 Å². The molecule has 3 aromatic rings. The first kappa shape index (κ1) is 27.1. The first-order chi connectivity index (χ1) is 17.4. The molecule has 0 aliphatic carbocycles. The summed E-state index contributed by atoms with van der Waals surface area (Å²) in [5.41, 5.74) is 1.46. The Bertz CT molecular complexity index is 1230. The lowest BCUT2D eigenvalue weighted by Gasteiger charge is -2.16. The Hall–Kier alpha value is -3.50. The second kappa shape index (κ2) is 13.6. The summed E-state index contributed by atoms with van der Waals surface area (Å²) in [4.78, 5) is 34.6. The van der Waals surface area contributed by atoms with Gasteiger partial charge in [0.25, 0.3) is 0 Å². The SMILES string of the molecule is C/C=C/C(=O)Nc1nc(Nc2cccc(Br)c2)c2ccc(OCCCN(C)CC(=O)OCC)cc2n1. The maximum atomic E-state index is 12.1. The summed E-state index contributed by atoms with van der Waals surface area (Å²) in [6.45, 7) is 5.34. The number of hydrogen-bond donors (Lipinski definition) is 2. The Balaban J connectivity index is 1.75. The lowest BCUT2D eigenvalue weighted by molar-refractivity contribution is -0.144. The Labute approximate surface area is 219 Å². The van der Waals surface area contributed by atoms with Crippen LogP contribution in [0.25, 0.3) is 10.9 Å². The van der Waals surface area contributed by atoms with Crippen LogP contribution in [0.3, 0.4) is 0 Å². The van der Waals surface area contributed by atoms with Crippen molar-refractivity contribution < 1.29 is 19.1 Å². The number of nitrogens with one attached hydrogen (secondary N) is 2. The van der Waals surface area contributed by atoms with E-state index < -0.39 is 0 Å². The number of halogens is 1. The van der Waals surface area contributed by atoms with E-state index >= 15 is 0 Å². The monoisotopic (exact) mass is 555 g/mol. The Kier molecular flexibility index (Phi) is 10.2. The van der Waals surface area contributed by atoms with Crippen LogP contribution >= 0.6 is 15.9 Å². The minimum absolute atomic E-state index is 0.181. The molecule has 10 heteroatoms. The van der Waals surface area contributed by atoms with Crippen LogP contribution in [0, 0.1) is 0 Å². The number of allylic oxidation sites excluding steroid dienone is 1. The highest BCUT2D eigenvalue weighted by Crippen LogP contribution is 2.29. The van der Waals surface area contributed by atoms with Crippen LogP contribution < -0.4 is 15.4 Å². The van der Waals surface area contributed by atoms with Gasteiger partial charge in [-0.1, -0.05) is 28.1 Å². The predicted octanol–water partition coefficient (Wildman–Crippen LogP) is 4.91. The first-order valence-electron chi connectivity index (χ1n) is 11.6. The number of carbonyl (C=O) groups excluding carboxylic acids is 2. The number of ether oxygens (including phenoxy) is 2. The number of esters is 1. The van der Waals surface area contributed by atoms with E-state index in [1.165, 1.54) is 6.08 Å². The fourth-order valence-corrected chi connectivity index (χ4v) is 3.79. The molecule has 0 fully saturated rings. The molecule has 2 N–H and O–H groups in total. The number of nitrogens with zero attached hydrogens (tertiary/aromatic N) is 3. The number of amides is 1. The highest BCUT2D eigenvalue weighted by Gasteiger charge is 2.12. The van der Waals surface area contributed by atoms with Crippen molar-refractivity contribution in [2.45, 2.75) is 20.3 Å². The molecule has 0 bridgehead atoms. The molecule has 2 aromatic carbocycles. The maximum absolute atomic E-state index is 12.1. The average molecular weight is 556 g/mol. The standard InChI is InChI=1S/C26H30BrN5O4/c1-4-8-23(33)30-26-29-22-16-20(36-14-7-13-32(3)17-24(34)35-5-2)11-12-21(22)25(31-26)28-19-10-6-9-18(27)15-19/h4,6,8-12,15-16H,5,7,13-14,17H2,1-3H3,(H2,28,29,30,31,33)/b8-4+. The van der Waals surface area contributed by atoms with Gasteiger partial charge in [0.05, 0.1) is 25.3 Å². The molecule has 0 aliphatic rings. The lowest BCUT2D eigenvalue weighted by atomic mass is 10.2. The maximum Gasteiger partial charge on any atom is 0.320 e. The molecule has 36 heavy (non-hydrogen) atoms. The van der Waals surface area contributed by atoms with Crippen LogP contribution in [-0.4, -0.2) is 60.1 Å². The van der Waals surface area contributed by atoms with Crippen molar-refractivity contribution in [2.24, 2.45) is 0 Å². The molecule has 9 nitrogen and oxygen atoms in total. The summed E-state index contributed by atoms with van der Waals surface area (Å²) < 4.78 is 11.8. The minimum Gasteiger partial charge on any atom is -0.493 e. The Morgan fingerprint density at radius 1 is 1.17 bits per heavy atom. The fourth-order valence-electron chi connectivity index (χ4n) is 3.39. The van der Waals surface area contributed by atoms with E-state index in [0.29, 0.717) is 36.8 Å². The molecule has 190 valence electrons. The van der Waals surface area contributed by atoms with Crippen molar-refractivity contribution in [1.82, 2.24) is 14.9 Å². The summed E-state index contributed by atoms with van der Waals surface area (Å²) >= 11 is 3.48. The molecule has 0 aliphatic heterocycles.